The van der Waals surface area contributed by atoms with E-state index in [-0.39, 0.29) is 17.4 Å². The average Bonchev–Trinajstić information content (AvgIpc) is 3.25. The highest BCUT2D eigenvalue weighted by Crippen LogP contribution is 2.25. The average molecular weight is 365 g/mol. The normalized spacial score (nSPS) is 15.0. The summed E-state index contributed by atoms with van der Waals surface area (Å²) in [7, 11) is 0. The summed E-state index contributed by atoms with van der Waals surface area (Å²) in [6, 6.07) is 8.08. The first-order chi connectivity index (χ1) is 12.9. The maximum absolute atomic E-state index is 12.6. The highest BCUT2D eigenvalue weighted by Gasteiger charge is 2.33. The van der Waals surface area contributed by atoms with Crippen molar-refractivity contribution in [2.24, 2.45) is 0 Å². The van der Waals surface area contributed by atoms with Crippen LogP contribution in [0.15, 0.2) is 42.9 Å². The molecule has 8 heteroatoms. The molecule has 3 aromatic rings. The molecule has 2 aromatic heterocycles. The first-order valence-electron chi connectivity index (χ1n) is 9.05. The number of aromatic nitrogens is 6. The Bertz CT molecular complexity index is 916. The van der Waals surface area contributed by atoms with Gasteiger partial charge < -0.3 is 4.90 Å². The Labute approximate surface area is 157 Å². The number of likely N-dealkylation sites (tertiary alicyclic amines) is 1. The predicted octanol–water partition coefficient (Wildman–Crippen LogP) is 1.91. The molecule has 1 amide bonds. The van der Waals surface area contributed by atoms with Crippen molar-refractivity contribution in [2.45, 2.75) is 38.8 Å². The Morgan fingerprint density at radius 2 is 1.78 bits per heavy atom. The van der Waals surface area contributed by atoms with Crippen LogP contribution < -0.4 is 0 Å². The Morgan fingerprint density at radius 1 is 1.11 bits per heavy atom. The second-order valence-electron chi connectivity index (χ2n) is 7.94. The first-order valence-corrected chi connectivity index (χ1v) is 9.05. The summed E-state index contributed by atoms with van der Waals surface area (Å²) >= 11 is 0. The molecule has 1 aliphatic heterocycles. The van der Waals surface area contributed by atoms with Crippen molar-refractivity contribution in [1.29, 1.82) is 0 Å². The molecule has 1 saturated heterocycles. The minimum atomic E-state index is 0.0628. The SMILES string of the molecule is CC(C)(C)c1ccc(C(=O)N2CC(n3cc(Cn4nccn4)nn3)C2)cc1. The van der Waals surface area contributed by atoms with Crippen LogP contribution in [0.4, 0.5) is 0 Å². The third kappa shape index (κ3) is 3.60. The van der Waals surface area contributed by atoms with Crippen LogP contribution in [0.3, 0.4) is 0 Å². The van der Waals surface area contributed by atoms with Gasteiger partial charge in [0.05, 0.1) is 24.6 Å². The monoisotopic (exact) mass is 365 g/mol. The number of benzene rings is 1. The summed E-state index contributed by atoms with van der Waals surface area (Å²) in [6.07, 6.45) is 5.16. The van der Waals surface area contributed by atoms with Crippen LogP contribution in [0, 0.1) is 0 Å². The highest BCUT2D eigenvalue weighted by atomic mass is 16.2. The van der Waals surface area contributed by atoms with Crippen molar-refractivity contribution >= 4 is 5.91 Å². The van der Waals surface area contributed by atoms with Crippen LogP contribution in [0.2, 0.25) is 0 Å². The predicted molar refractivity (Wildman–Crippen MR) is 99.2 cm³/mol. The lowest BCUT2D eigenvalue weighted by Gasteiger charge is -2.39. The van der Waals surface area contributed by atoms with E-state index < -0.39 is 0 Å². The second kappa shape index (κ2) is 6.61. The van der Waals surface area contributed by atoms with Crippen LogP contribution >= 0.6 is 0 Å². The number of rotatable bonds is 4. The molecule has 0 unspecified atom stereocenters. The maximum Gasteiger partial charge on any atom is 0.253 e. The van der Waals surface area contributed by atoms with E-state index in [4.69, 9.17) is 0 Å². The largest absolute Gasteiger partial charge is 0.334 e. The van der Waals surface area contributed by atoms with Gasteiger partial charge in [-0.2, -0.15) is 15.0 Å². The molecule has 27 heavy (non-hydrogen) atoms. The van der Waals surface area contributed by atoms with Crippen molar-refractivity contribution in [3.8, 4) is 0 Å². The van der Waals surface area contributed by atoms with Gasteiger partial charge in [0.15, 0.2) is 0 Å². The van der Waals surface area contributed by atoms with Crippen molar-refractivity contribution in [1.82, 2.24) is 34.9 Å². The van der Waals surface area contributed by atoms with Crippen LogP contribution in [0.1, 0.15) is 48.4 Å². The van der Waals surface area contributed by atoms with E-state index in [1.54, 1.807) is 17.2 Å². The van der Waals surface area contributed by atoms with Gasteiger partial charge >= 0.3 is 0 Å². The lowest BCUT2D eigenvalue weighted by molar-refractivity contribution is 0.0498. The van der Waals surface area contributed by atoms with Gasteiger partial charge in [-0.25, -0.2) is 4.68 Å². The molecule has 0 saturated carbocycles. The third-order valence-electron chi connectivity index (χ3n) is 4.85. The first kappa shape index (κ1) is 17.4. The third-order valence-corrected chi connectivity index (χ3v) is 4.85. The summed E-state index contributed by atoms with van der Waals surface area (Å²) in [4.78, 5) is 16.0. The van der Waals surface area contributed by atoms with Crippen LogP contribution in [-0.4, -0.2) is 53.9 Å². The fraction of sp³-hybridized carbons (Fsp3) is 0.421. The number of hydrogen-bond acceptors (Lipinski definition) is 5. The van der Waals surface area contributed by atoms with Crippen molar-refractivity contribution in [3.05, 3.63) is 59.7 Å². The minimum Gasteiger partial charge on any atom is -0.334 e. The van der Waals surface area contributed by atoms with Gasteiger partial charge in [-0.05, 0) is 23.1 Å². The molecule has 140 valence electrons. The van der Waals surface area contributed by atoms with E-state index in [2.05, 4.69) is 41.3 Å². The summed E-state index contributed by atoms with van der Waals surface area (Å²) < 4.78 is 1.82. The van der Waals surface area contributed by atoms with E-state index >= 15 is 0 Å². The summed E-state index contributed by atoms with van der Waals surface area (Å²) in [6.45, 7) is 8.27. The lowest BCUT2D eigenvalue weighted by atomic mass is 9.86. The Morgan fingerprint density at radius 3 is 2.41 bits per heavy atom. The lowest BCUT2D eigenvalue weighted by Crippen LogP contribution is -2.50. The molecule has 0 radical (unpaired) electrons. The van der Waals surface area contributed by atoms with Gasteiger partial charge in [-0.1, -0.05) is 38.1 Å². The molecule has 0 bridgehead atoms. The van der Waals surface area contributed by atoms with E-state index in [1.807, 2.05) is 40.0 Å². The molecular formula is C19H23N7O. The smallest absolute Gasteiger partial charge is 0.253 e. The molecule has 8 nitrogen and oxygen atoms in total. The molecule has 0 spiro atoms. The van der Waals surface area contributed by atoms with E-state index in [0.717, 1.165) is 11.3 Å². The molecular weight excluding hydrogens is 342 g/mol. The van der Waals surface area contributed by atoms with Crippen molar-refractivity contribution in [2.75, 3.05) is 13.1 Å². The number of hydrogen-bond donors (Lipinski definition) is 0. The second-order valence-corrected chi connectivity index (χ2v) is 7.94. The van der Waals surface area contributed by atoms with Gasteiger partial charge in [0.25, 0.3) is 5.91 Å². The van der Waals surface area contributed by atoms with Crippen LogP contribution in [-0.2, 0) is 12.0 Å². The number of nitrogens with zero attached hydrogens (tertiary/aromatic N) is 7. The van der Waals surface area contributed by atoms with E-state index in [0.29, 0.717) is 19.6 Å². The Balaban J connectivity index is 1.35. The molecule has 0 N–H and O–H groups in total. The molecule has 0 atom stereocenters. The summed E-state index contributed by atoms with van der Waals surface area (Å²) in [5.74, 6) is 0.0628. The van der Waals surface area contributed by atoms with Gasteiger partial charge in [-0.15, -0.1) is 5.10 Å². The van der Waals surface area contributed by atoms with Gasteiger partial charge in [-0.3, -0.25) is 4.79 Å². The topological polar surface area (TPSA) is 81.7 Å². The fourth-order valence-corrected chi connectivity index (χ4v) is 3.12. The summed E-state index contributed by atoms with van der Waals surface area (Å²) in [5.41, 5.74) is 2.83. The number of amides is 1. The van der Waals surface area contributed by atoms with E-state index in [9.17, 15) is 4.79 Å². The Kier molecular flexibility index (Phi) is 4.25. The fourth-order valence-electron chi connectivity index (χ4n) is 3.12. The molecule has 1 aromatic carbocycles. The number of carbonyl (C=O) groups excluding carboxylic acids is 1. The van der Waals surface area contributed by atoms with Gasteiger partial charge in [0.2, 0.25) is 0 Å². The zero-order chi connectivity index (χ0) is 19.0. The zero-order valence-corrected chi connectivity index (χ0v) is 15.8. The highest BCUT2D eigenvalue weighted by molar-refractivity contribution is 5.94. The molecule has 0 aliphatic carbocycles. The van der Waals surface area contributed by atoms with Crippen molar-refractivity contribution < 1.29 is 4.79 Å². The molecule has 4 rings (SSSR count). The van der Waals surface area contributed by atoms with E-state index in [1.165, 1.54) is 5.56 Å². The van der Waals surface area contributed by atoms with Crippen molar-refractivity contribution in [3.63, 3.8) is 0 Å². The molecule has 1 aliphatic rings. The van der Waals surface area contributed by atoms with Crippen LogP contribution in [0.5, 0.6) is 0 Å². The standard InChI is InChI=1S/C19H23N7O/c1-19(2,3)15-6-4-14(5-7-15)18(27)24-12-17(13-24)25-10-16(22-23-25)11-26-20-8-9-21-26/h4-10,17H,11-13H2,1-3H3. The van der Waals surface area contributed by atoms with Gasteiger partial charge in [0.1, 0.15) is 12.2 Å². The summed E-state index contributed by atoms with van der Waals surface area (Å²) in [5, 5.41) is 16.5. The zero-order valence-electron chi connectivity index (χ0n) is 15.8. The Hall–Kier alpha value is -3.03. The molecule has 1 fully saturated rings. The van der Waals surface area contributed by atoms with Crippen LogP contribution in [0.25, 0.3) is 0 Å². The van der Waals surface area contributed by atoms with Gasteiger partial charge in [0, 0.05) is 18.7 Å². The maximum atomic E-state index is 12.6. The quantitative estimate of drug-likeness (QED) is 0.705. The minimum absolute atomic E-state index is 0.0628. The molecule has 3 heterocycles. The number of carbonyl (C=O) groups is 1.